The van der Waals surface area contributed by atoms with Crippen LogP contribution in [-0.4, -0.2) is 39.8 Å². The van der Waals surface area contributed by atoms with Gasteiger partial charge < -0.3 is 9.84 Å². The number of rotatable bonds is 15. The lowest BCUT2D eigenvalue weighted by Crippen LogP contribution is -2.47. The van der Waals surface area contributed by atoms with Crippen LogP contribution in [-0.2, 0) is 9.53 Å². The summed E-state index contributed by atoms with van der Waals surface area (Å²) in [6.45, 7) is 7.71. The van der Waals surface area contributed by atoms with Crippen LogP contribution in [0.1, 0.15) is 130 Å². The van der Waals surface area contributed by atoms with E-state index >= 15 is 0 Å². The molecule has 0 bridgehead atoms. The summed E-state index contributed by atoms with van der Waals surface area (Å²) in [6.07, 6.45) is 18.7. The second kappa shape index (κ2) is 14.7. The van der Waals surface area contributed by atoms with Gasteiger partial charge in [-0.15, -0.1) is 0 Å². The summed E-state index contributed by atoms with van der Waals surface area (Å²) in [5, 5.41) is 9.48. The van der Waals surface area contributed by atoms with Gasteiger partial charge in [0.2, 0.25) is 0 Å². The summed E-state index contributed by atoms with van der Waals surface area (Å²) in [5.41, 5.74) is -0.608. The number of carboxylic acid groups (broad SMARTS) is 1. The molecule has 0 spiro atoms. The van der Waals surface area contributed by atoms with E-state index in [1.54, 1.807) is 0 Å². The Bertz CT molecular complexity index is 486. The molecule has 1 saturated heterocycles. The molecule has 1 aliphatic heterocycles. The van der Waals surface area contributed by atoms with E-state index in [0.717, 1.165) is 25.7 Å². The van der Waals surface area contributed by atoms with Crippen LogP contribution in [0.4, 0.5) is 4.79 Å². The predicted octanol–water partition coefficient (Wildman–Crippen LogP) is 7.32. The van der Waals surface area contributed by atoms with E-state index in [0.29, 0.717) is 6.42 Å². The predicted molar refractivity (Wildman–Crippen MR) is 123 cm³/mol. The lowest BCUT2D eigenvalue weighted by molar-refractivity contribution is -0.142. The molecule has 176 valence electrons. The maximum Gasteiger partial charge on any atom is 0.411 e. The van der Waals surface area contributed by atoms with Gasteiger partial charge in [-0.2, -0.15) is 0 Å². The summed E-state index contributed by atoms with van der Waals surface area (Å²) >= 11 is 0. The molecule has 0 unspecified atom stereocenters. The van der Waals surface area contributed by atoms with Crippen LogP contribution in [0, 0.1) is 0 Å². The van der Waals surface area contributed by atoms with Crippen molar-refractivity contribution in [2.75, 3.05) is 0 Å². The molecule has 1 fully saturated rings. The minimum atomic E-state index is -0.922. The molecule has 1 rings (SSSR count). The fourth-order valence-corrected chi connectivity index (χ4v) is 4.40. The zero-order valence-electron chi connectivity index (χ0n) is 20.1. The Morgan fingerprint density at radius 2 is 1.30 bits per heavy atom. The van der Waals surface area contributed by atoms with Gasteiger partial charge >= 0.3 is 12.1 Å². The highest BCUT2D eigenvalue weighted by Gasteiger charge is 2.42. The van der Waals surface area contributed by atoms with Crippen molar-refractivity contribution in [1.82, 2.24) is 4.90 Å². The smallest absolute Gasteiger partial charge is 0.411 e. The maximum atomic E-state index is 12.6. The van der Waals surface area contributed by atoms with Crippen molar-refractivity contribution >= 4 is 12.1 Å². The summed E-state index contributed by atoms with van der Waals surface area (Å²) in [5.74, 6) is -0.922. The van der Waals surface area contributed by atoms with E-state index in [-0.39, 0.29) is 6.04 Å². The molecular formula is C25H47NO4. The summed E-state index contributed by atoms with van der Waals surface area (Å²) < 4.78 is 5.47. The largest absolute Gasteiger partial charge is 0.480 e. The van der Waals surface area contributed by atoms with E-state index < -0.39 is 23.7 Å². The van der Waals surface area contributed by atoms with Crippen molar-refractivity contribution in [1.29, 1.82) is 0 Å². The topological polar surface area (TPSA) is 66.8 Å². The normalized spacial score (nSPS) is 19.3. The number of carboxylic acids is 1. The van der Waals surface area contributed by atoms with Gasteiger partial charge in [0.25, 0.3) is 0 Å². The third kappa shape index (κ3) is 11.2. The lowest BCUT2D eigenvalue weighted by atomic mass is 10.0. The Labute approximate surface area is 184 Å². The summed E-state index contributed by atoms with van der Waals surface area (Å²) in [6, 6.07) is -0.750. The molecule has 0 saturated carbocycles. The Kier molecular flexibility index (Phi) is 13.1. The number of hydrogen-bond donors (Lipinski definition) is 1. The number of hydrogen-bond acceptors (Lipinski definition) is 3. The van der Waals surface area contributed by atoms with Crippen LogP contribution in [0.2, 0.25) is 0 Å². The number of aliphatic carboxylic acids is 1. The first-order valence-corrected chi connectivity index (χ1v) is 12.5. The number of nitrogens with zero attached hydrogens (tertiary/aromatic N) is 1. The number of ether oxygens (including phenoxy) is 1. The number of likely N-dealkylation sites (tertiary alicyclic amines) is 1. The first-order valence-electron chi connectivity index (χ1n) is 12.5. The molecule has 1 N–H and O–H groups in total. The third-order valence-corrected chi connectivity index (χ3v) is 6.03. The van der Waals surface area contributed by atoms with Gasteiger partial charge in [0.15, 0.2) is 0 Å². The van der Waals surface area contributed by atoms with Gasteiger partial charge in [-0.05, 0) is 40.0 Å². The number of carbonyl (C=O) groups is 2. The van der Waals surface area contributed by atoms with E-state index in [1.165, 1.54) is 75.5 Å². The average Bonchev–Trinajstić information content (AvgIpc) is 3.08. The third-order valence-electron chi connectivity index (χ3n) is 6.03. The maximum absolute atomic E-state index is 12.6. The molecule has 0 aliphatic carbocycles. The monoisotopic (exact) mass is 425 g/mol. The molecule has 0 radical (unpaired) electrons. The van der Waals surface area contributed by atoms with E-state index in [9.17, 15) is 14.7 Å². The molecule has 5 nitrogen and oxygen atoms in total. The molecule has 0 aromatic heterocycles. The van der Waals surface area contributed by atoms with E-state index in [1.807, 2.05) is 20.8 Å². The van der Waals surface area contributed by atoms with Crippen molar-refractivity contribution in [2.24, 2.45) is 0 Å². The zero-order valence-corrected chi connectivity index (χ0v) is 20.1. The van der Waals surface area contributed by atoms with Crippen molar-refractivity contribution in [2.45, 2.75) is 148 Å². The van der Waals surface area contributed by atoms with Gasteiger partial charge in [0, 0.05) is 6.04 Å². The second-order valence-electron chi connectivity index (χ2n) is 10.0. The van der Waals surface area contributed by atoms with E-state index in [4.69, 9.17) is 4.74 Å². The molecule has 5 heteroatoms. The summed E-state index contributed by atoms with van der Waals surface area (Å²) in [7, 11) is 0. The SMILES string of the molecule is CCCCCCCCCCCCCCC[C@H]1CC[C@@H](C(=O)O)N1C(=O)OC(C)(C)C. The molecule has 1 heterocycles. The highest BCUT2D eigenvalue weighted by Crippen LogP contribution is 2.30. The number of amides is 1. The molecule has 30 heavy (non-hydrogen) atoms. The molecule has 0 aromatic carbocycles. The van der Waals surface area contributed by atoms with Gasteiger partial charge in [0.1, 0.15) is 11.6 Å². The number of unbranched alkanes of at least 4 members (excludes halogenated alkanes) is 12. The summed E-state index contributed by atoms with van der Waals surface area (Å²) in [4.78, 5) is 25.6. The highest BCUT2D eigenvalue weighted by molar-refractivity contribution is 5.81. The van der Waals surface area contributed by atoms with Crippen LogP contribution >= 0.6 is 0 Å². The Morgan fingerprint density at radius 3 is 1.73 bits per heavy atom. The Morgan fingerprint density at radius 1 is 0.833 bits per heavy atom. The second-order valence-corrected chi connectivity index (χ2v) is 10.0. The van der Waals surface area contributed by atoms with Gasteiger partial charge in [-0.25, -0.2) is 9.59 Å². The van der Waals surface area contributed by atoms with Gasteiger partial charge in [-0.1, -0.05) is 90.4 Å². The quantitative estimate of drug-likeness (QED) is 0.279. The standard InChI is InChI=1S/C25H47NO4/c1-5-6-7-8-9-10-11-12-13-14-15-16-17-18-21-19-20-22(23(27)28)26(21)24(29)30-25(2,3)4/h21-22H,5-20H2,1-4H3,(H,27,28)/t21-,22-/m0/s1. The fourth-order valence-electron chi connectivity index (χ4n) is 4.40. The van der Waals surface area contributed by atoms with E-state index in [2.05, 4.69) is 6.92 Å². The number of carbonyl (C=O) groups excluding carboxylic acids is 1. The van der Waals surface area contributed by atoms with Crippen molar-refractivity contribution < 1.29 is 19.4 Å². The van der Waals surface area contributed by atoms with Crippen LogP contribution in [0.15, 0.2) is 0 Å². The zero-order chi connectivity index (χ0) is 22.4. The van der Waals surface area contributed by atoms with Gasteiger partial charge in [-0.3, -0.25) is 4.90 Å². The van der Waals surface area contributed by atoms with Crippen molar-refractivity contribution in [3.05, 3.63) is 0 Å². The fraction of sp³-hybridized carbons (Fsp3) is 0.920. The minimum Gasteiger partial charge on any atom is -0.480 e. The van der Waals surface area contributed by atoms with Crippen LogP contribution < -0.4 is 0 Å². The minimum absolute atomic E-state index is 0.00587. The highest BCUT2D eigenvalue weighted by atomic mass is 16.6. The molecule has 2 atom stereocenters. The Hall–Kier alpha value is -1.26. The molecule has 0 aromatic rings. The Balaban J connectivity index is 2.17. The van der Waals surface area contributed by atoms with Crippen molar-refractivity contribution in [3.63, 3.8) is 0 Å². The molecular weight excluding hydrogens is 378 g/mol. The first-order chi connectivity index (χ1) is 14.3. The first kappa shape index (κ1) is 26.8. The van der Waals surface area contributed by atoms with Gasteiger partial charge in [0.05, 0.1) is 0 Å². The molecule has 1 aliphatic rings. The van der Waals surface area contributed by atoms with Crippen LogP contribution in [0.3, 0.4) is 0 Å². The van der Waals surface area contributed by atoms with Crippen molar-refractivity contribution in [3.8, 4) is 0 Å². The lowest BCUT2D eigenvalue weighted by Gasteiger charge is -2.31. The van der Waals surface area contributed by atoms with Crippen LogP contribution in [0.25, 0.3) is 0 Å². The molecule has 1 amide bonds. The van der Waals surface area contributed by atoms with Crippen LogP contribution in [0.5, 0.6) is 0 Å². The average molecular weight is 426 g/mol.